The van der Waals surface area contributed by atoms with Crippen LogP contribution in [0.25, 0.3) is 0 Å². The minimum atomic E-state index is -0.0567. The van der Waals surface area contributed by atoms with Crippen molar-refractivity contribution < 1.29 is 10.2 Å². The van der Waals surface area contributed by atoms with Gasteiger partial charge in [-0.15, -0.1) is 0 Å². The Morgan fingerprint density at radius 3 is 2.65 bits per heavy atom. The molecule has 0 bridgehead atoms. The summed E-state index contributed by atoms with van der Waals surface area (Å²) in [6, 6.07) is 5.56. The number of phenols is 2. The van der Waals surface area contributed by atoms with E-state index in [9.17, 15) is 10.2 Å². The van der Waals surface area contributed by atoms with E-state index in [-0.39, 0.29) is 11.5 Å². The molecule has 1 unspecified atom stereocenters. The molecule has 1 fully saturated rings. The molecule has 0 amide bonds. The van der Waals surface area contributed by atoms with Crippen LogP contribution in [0.15, 0.2) is 18.2 Å². The topological polar surface area (TPSA) is 52.5 Å². The molecule has 1 atom stereocenters. The Hall–Kier alpha value is -1.22. The second kappa shape index (κ2) is 5.41. The minimum absolute atomic E-state index is 0.0421. The van der Waals surface area contributed by atoms with Gasteiger partial charge in [0.1, 0.15) is 0 Å². The molecule has 2 rings (SSSR count). The van der Waals surface area contributed by atoms with Crippen LogP contribution in [-0.4, -0.2) is 16.3 Å². The second-order valence-corrected chi connectivity index (χ2v) is 4.99. The van der Waals surface area contributed by atoms with Crippen LogP contribution < -0.4 is 5.32 Å². The highest BCUT2D eigenvalue weighted by Crippen LogP contribution is 2.34. The first-order valence-corrected chi connectivity index (χ1v) is 6.43. The van der Waals surface area contributed by atoms with E-state index >= 15 is 0 Å². The van der Waals surface area contributed by atoms with E-state index < -0.39 is 0 Å². The smallest absolute Gasteiger partial charge is 0.157 e. The van der Waals surface area contributed by atoms with E-state index in [4.69, 9.17) is 0 Å². The Kier molecular flexibility index (Phi) is 3.89. The van der Waals surface area contributed by atoms with E-state index in [1.807, 2.05) is 6.07 Å². The van der Waals surface area contributed by atoms with Crippen LogP contribution in [0.1, 0.15) is 38.2 Å². The van der Waals surface area contributed by atoms with Crippen molar-refractivity contribution in [3.63, 3.8) is 0 Å². The molecular formula is C14H21NO2. The van der Waals surface area contributed by atoms with Crippen LogP contribution in [0, 0.1) is 5.92 Å². The molecule has 0 aliphatic heterocycles. The molecule has 1 aliphatic carbocycles. The maximum atomic E-state index is 9.40. The molecule has 3 heteroatoms. The zero-order chi connectivity index (χ0) is 12.3. The number of nitrogens with one attached hydrogen (secondary N) is 1. The third-order valence-electron chi connectivity index (χ3n) is 3.44. The Morgan fingerprint density at radius 2 is 2.06 bits per heavy atom. The lowest BCUT2D eigenvalue weighted by Gasteiger charge is -2.16. The van der Waals surface area contributed by atoms with Crippen molar-refractivity contribution in [3.8, 4) is 11.5 Å². The standard InChI is InChI=1S/C14H21NO2/c1-2-12(7-10-3-4-10)15-9-11-5-6-13(16)14(17)8-11/h5-6,8,10,12,15-17H,2-4,7,9H2,1H3. The number of hydrogen-bond donors (Lipinski definition) is 3. The summed E-state index contributed by atoms with van der Waals surface area (Å²) in [5.74, 6) is 0.832. The van der Waals surface area contributed by atoms with Gasteiger partial charge in [-0.3, -0.25) is 0 Å². The maximum Gasteiger partial charge on any atom is 0.157 e. The van der Waals surface area contributed by atoms with Gasteiger partial charge in [-0.1, -0.05) is 25.8 Å². The molecule has 0 saturated heterocycles. The van der Waals surface area contributed by atoms with Gasteiger partial charge in [0.25, 0.3) is 0 Å². The quantitative estimate of drug-likeness (QED) is 0.664. The van der Waals surface area contributed by atoms with Crippen molar-refractivity contribution in [2.75, 3.05) is 0 Å². The molecule has 1 aromatic carbocycles. The van der Waals surface area contributed by atoms with Crippen molar-refractivity contribution in [1.82, 2.24) is 5.32 Å². The first-order chi connectivity index (χ1) is 8.19. The molecule has 1 saturated carbocycles. The number of benzene rings is 1. The lowest BCUT2D eigenvalue weighted by atomic mass is 10.1. The summed E-state index contributed by atoms with van der Waals surface area (Å²) in [5, 5.41) is 22.1. The summed E-state index contributed by atoms with van der Waals surface area (Å²) in [6.45, 7) is 2.95. The number of phenolic OH excluding ortho intramolecular Hbond substituents is 2. The Bertz CT molecular complexity index is 374. The SMILES string of the molecule is CCC(CC1CC1)NCc1ccc(O)c(O)c1. The van der Waals surface area contributed by atoms with Crippen molar-refractivity contribution in [2.24, 2.45) is 5.92 Å². The average molecular weight is 235 g/mol. The van der Waals surface area contributed by atoms with Gasteiger partial charge < -0.3 is 15.5 Å². The Labute approximate surface area is 102 Å². The van der Waals surface area contributed by atoms with Crippen molar-refractivity contribution in [1.29, 1.82) is 0 Å². The number of hydrogen-bond acceptors (Lipinski definition) is 3. The third kappa shape index (κ3) is 3.63. The average Bonchev–Trinajstić information content (AvgIpc) is 3.12. The molecule has 0 radical (unpaired) electrons. The summed E-state index contributed by atoms with van der Waals surface area (Å²) < 4.78 is 0. The largest absolute Gasteiger partial charge is 0.504 e. The third-order valence-corrected chi connectivity index (χ3v) is 3.44. The summed E-state index contributed by atoms with van der Waals surface area (Å²) in [6.07, 6.45) is 5.18. The van der Waals surface area contributed by atoms with Gasteiger partial charge in [-0.25, -0.2) is 0 Å². The Balaban J connectivity index is 1.84. The summed E-state index contributed by atoms with van der Waals surface area (Å²) in [4.78, 5) is 0. The van der Waals surface area contributed by atoms with Crippen LogP contribution >= 0.6 is 0 Å². The van der Waals surface area contributed by atoms with Crippen LogP contribution in [0.5, 0.6) is 11.5 Å². The lowest BCUT2D eigenvalue weighted by molar-refractivity contribution is 0.401. The van der Waals surface area contributed by atoms with Crippen molar-refractivity contribution in [3.05, 3.63) is 23.8 Å². The summed E-state index contributed by atoms with van der Waals surface area (Å²) in [5.41, 5.74) is 1.01. The number of aromatic hydroxyl groups is 2. The van der Waals surface area contributed by atoms with Gasteiger partial charge in [-0.05, 0) is 36.5 Å². The molecule has 3 N–H and O–H groups in total. The van der Waals surface area contributed by atoms with Gasteiger partial charge in [0, 0.05) is 12.6 Å². The van der Waals surface area contributed by atoms with Gasteiger partial charge >= 0.3 is 0 Å². The highest BCUT2D eigenvalue weighted by molar-refractivity contribution is 5.40. The lowest BCUT2D eigenvalue weighted by Crippen LogP contribution is -2.28. The Morgan fingerprint density at radius 1 is 1.29 bits per heavy atom. The summed E-state index contributed by atoms with van der Waals surface area (Å²) in [7, 11) is 0. The van der Waals surface area contributed by atoms with E-state index in [2.05, 4.69) is 12.2 Å². The number of rotatable bonds is 6. The fourth-order valence-corrected chi connectivity index (χ4v) is 2.09. The van der Waals surface area contributed by atoms with Crippen LogP contribution in [0.3, 0.4) is 0 Å². The predicted molar refractivity (Wildman–Crippen MR) is 68.0 cm³/mol. The van der Waals surface area contributed by atoms with Gasteiger partial charge in [0.05, 0.1) is 0 Å². The molecule has 1 aliphatic rings. The zero-order valence-corrected chi connectivity index (χ0v) is 10.3. The van der Waals surface area contributed by atoms with Crippen LogP contribution in [-0.2, 0) is 6.54 Å². The van der Waals surface area contributed by atoms with E-state index in [0.29, 0.717) is 6.04 Å². The first-order valence-electron chi connectivity index (χ1n) is 6.43. The molecule has 0 heterocycles. The fraction of sp³-hybridized carbons (Fsp3) is 0.571. The van der Waals surface area contributed by atoms with E-state index in [1.165, 1.54) is 25.3 Å². The van der Waals surface area contributed by atoms with Crippen LogP contribution in [0.2, 0.25) is 0 Å². The zero-order valence-electron chi connectivity index (χ0n) is 10.3. The van der Waals surface area contributed by atoms with E-state index in [0.717, 1.165) is 24.4 Å². The monoisotopic (exact) mass is 235 g/mol. The normalized spacial score (nSPS) is 17.0. The first kappa shape index (κ1) is 12.2. The molecule has 1 aromatic rings. The molecule has 17 heavy (non-hydrogen) atoms. The highest BCUT2D eigenvalue weighted by atomic mass is 16.3. The fourth-order valence-electron chi connectivity index (χ4n) is 2.09. The molecule has 94 valence electrons. The summed E-state index contributed by atoms with van der Waals surface area (Å²) >= 11 is 0. The van der Waals surface area contributed by atoms with Crippen molar-refractivity contribution in [2.45, 2.75) is 45.2 Å². The van der Waals surface area contributed by atoms with Gasteiger partial charge in [-0.2, -0.15) is 0 Å². The van der Waals surface area contributed by atoms with Gasteiger partial charge in [0.15, 0.2) is 11.5 Å². The molecular weight excluding hydrogens is 214 g/mol. The second-order valence-electron chi connectivity index (χ2n) is 4.99. The predicted octanol–water partition coefficient (Wildman–Crippen LogP) is 2.77. The minimum Gasteiger partial charge on any atom is -0.504 e. The molecule has 3 nitrogen and oxygen atoms in total. The molecule has 0 spiro atoms. The van der Waals surface area contributed by atoms with Gasteiger partial charge in [0.2, 0.25) is 0 Å². The van der Waals surface area contributed by atoms with E-state index in [1.54, 1.807) is 6.07 Å². The highest BCUT2D eigenvalue weighted by Gasteiger charge is 2.24. The van der Waals surface area contributed by atoms with Crippen molar-refractivity contribution >= 4 is 0 Å². The molecule has 0 aromatic heterocycles. The maximum absolute atomic E-state index is 9.40. The van der Waals surface area contributed by atoms with Crippen LogP contribution in [0.4, 0.5) is 0 Å².